The molecule has 2 aromatic heterocycles. The lowest BCUT2D eigenvalue weighted by Gasteiger charge is -1.99. The fourth-order valence-electron chi connectivity index (χ4n) is 4.06. The molecule has 6 rings (SSSR count). The fourth-order valence-corrected chi connectivity index (χ4v) is 4.06. The Kier molecular flexibility index (Phi) is 2.17. The molecule has 5 aromatic rings. The van der Waals surface area contributed by atoms with Crippen LogP contribution in [0.3, 0.4) is 0 Å². The number of aromatic nitrogens is 1. The van der Waals surface area contributed by atoms with Crippen LogP contribution in [0.4, 0.5) is 0 Å². The number of benzene rings is 3. The standard InChI is InChI=1S/C22H14NO/c1-3-7-18-14(5-1)10-12-19-21-15(13-23(18)19)9-11-17-16-6-2-4-8-20(16)24-22(17)21/h1-12H,13H2/q+1. The van der Waals surface area contributed by atoms with E-state index in [4.69, 9.17) is 4.42 Å². The van der Waals surface area contributed by atoms with Crippen molar-refractivity contribution in [2.75, 3.05) is 0 Å². The molecule has 0 spiro atoms. The highest BCUT2D eigenvalue weighted by atomic mass is 16.3. The fraction of sp³-hybridized carbons (Fsp3) is 0.0455. The third-order valence-corrected chi connectivity index (χ3v) is 5.16. The average Bonchev–Trinajstić information content (AvgIpc) is 3.19. The zero-order valence-electron chi connectivity index (χ0n) is 13.0. The van der Waals surface area contributed by atoms with Crippen LogP contribution in [-0.2, 0) is 6.54 Å². The zero-order valence-corrected chi connectivity index (χ0v) is 13.0. The summed E-state index contributed by atoms with van der Waals surface area (Å²) < 4.78 is 8.65. The Morgan fingerprint density at radius 2 is 1.62 bits per heavy atom. The predicted octanol–water partition coefficient (Wildman–Crippen LogP) is 5.06. The van der Waals surface area contributed by atoms with Crippen LogP contribution >= 0.6 is 0 Å². The van der Waals surface area contributed by atoms with Crippen molar-refractivity contribution in [1.82, 2.24) is 0 Å². The van der Waals surface area contributed by atoms with Gasteiger partial charge in [-0.2, -0.15) is 4.57 Å². The molecular weight excluding hydrogens is 294 g/mol. The largest absolute Gasteiger partial charge is 0.455 e. The van der Waals surface area contributed by atoms with Gasteiger partial charge in [0.15, 0.2) is 6.54 Å². The molecule has 0 fully saturated rings. The van der Waals surface area contributed by atoms with Gasteiger partial charge in [-0.25, -0.2) is 0 Å². The topological polar surface area (TPSA) is 17.0 Å². The Labute approximate surface area is 138 Å². The van der Waals surface area contributed by atoms with E-state index in [1.165, 1.54) is 38.5 Å². The number of para-hydroxylation sites is 2. The summed E-state index contributed by atoms with van der Waals surface area (Å²) in [5.41, 5.74) is 7.06. The summed E-state index contributed by atoms with van der Waals surface area (Å²) >= 11 is 0. The van der Waals surface area contributed by atoms with Crippen molar-refractivity contribution in [3.8, 4) is 11.3 Å². The van der Waals surface area contributed by atoms with Crippen LogP contribution in [0.15, 0.2) is 77.2 Å². The summed E-state index contributed by atoms with van der Waals surface area (Å²) in [4.78, 5) is 0. The molecule has 0 N–H and O–H groups in total. The van der Waals surface area contributed by atoms with Crippen molar-refractivity contribution < 1.29 is 8.98 Å². The van der Waals surface area contributed by atoms with Gasteiger partial charge in [-0.1, -0.05) is 36.4 Å². The van der Waals surface area contributed by atoms with Crippen LogP contribution in [-0.4, -0.2) is 0 Å². The van der Waals surface area contributed by atoms with E-state index in [-0.39, 0.29) is 0 Å². The van der Waals surface area contributed by atoms with E-state index in [0.717, 1.165) is 17.7 Å². The van der Waals surface area contributed by atoms with Gasteiger partial charge in [0.1, 0.15) is 11.2 Å². The lowest BCUT2D eigenvalue weighted by atomic mass is 10.0. The van der Waals surface area contributed by atoms with Crippen molar-refractivity contribution >= 4 is 32.8 Å². The molecule has 3 aromatic carbocycles. The van der Waals surface area contributed by atoms with Crippen molar-refractivity contribution in [1.29, 1.82) is 0 Å². The highest BCUT2D eigenvalue weighted by Gasteiger charge is 2.31. The van der Waals surface area contributed by atoms with Crippen LogP contribution in [0.1, 0.15) is 5.56 Å². The second-order valence-corrected chi connectivity index (χ2v) is 6.44. The molecule has 0 saturated heterocycles. The first-order valence-corrected chi connectivity index (χ1v) is 8.25. The molecule has 1 aliphatic rings. The van der Waals surface area contributed by atoms with Gasteiger partial charge in [0.25, 0.3) is 0 Å². The van der Waals surface area contributed by atoms with E-state index < -0.39 is 0 Å². The molecule has 0 bridgehead atoms. The summed E-state index contributed by atoms with van der Waals surface area (Å²) in [5.74, 6) is 0. The van der Waals surface area contributed by atoms with Gasteiger partial charge in [0.05, 0.1) is 5.56 Å². The van der Waals surface area contributed by atoms with Crippen LogP contribution in [0.5, 0.6) is 0 Å². The molecule has 0 radical (unpaired) electrons. The normalized spacial score (nSPS) is 12.8. The Bertz CT molecular complexity index is 1280. The minimum Gasteiger partial charge on any atom is -0.455 e. The highest BCUT2D eigenvalue weighted by Crippen LogP contribution is 2.39. The van der Waals surface area contributed by atoms with E-state index in [2.05, 4.69) is 65.2 Å². The van der Waals surface area contributed by atoms with Crippen molar-refractivity contribution in [3.05, 3.63) is 78.4 Å². The lowest BCUT2D eigenvalue weighted by molar-refractivity contribution is -0.645. The second kappa shape index (κ2) is 4.24. The maximum absolute atomic E-state index is 6.25. The number of fused-ring (bicyclic) bond motifs is 9. The van der Waals surface area contributed by atoms with E-state index in [1.807, 2.05) is 12.1 Å². The molecule has 3 heterocycles. The van der Waals surface area contributed by atoms with Gasteiger partial charge in [0, 0.05) is 33.9 Å². The van der Waals surface area contributed by atoms with Crippen molar-refractivity contribution in [2.24, 2.45) is 0 Å². The monoisotopic (exact) mass is 308 g/mol. The van der Waals surface area contributed by atoms with Crippen molar-refractivity contribution in [3.63, 3.8) is 0 Å². The first-order valence-electron chi connectivity index (χ1n) is 8.25. The number of hydrogen-bond donors (Lipinski definition) is 0. The van der Waals surface area contributed by atoms with E-state index in [9.17, 15) is 0 Å². The van der Waals surface area contributed by atoms with E-state index in [1.54, 1.807) is 0 Å². The molecule has 1 aliphatic heterocycles. The minimum atomic E-state index is 0.902. The van der Waals surface area contributed by atoms with Gasteiger partial charge >= 0.3 is 0 Å². The quantitative estimate of drug-likeness (QED) is 0.359. The Morgan fingerprint density at radius 1 is 0.750 bits per heavy atom. The molecule has 0 saturated carbocycles. The Hall–Kier alpha value is -3.13. The molecule has 0 aliphatic carbocycles. The van der Waals surface area contributed by atoms with Gasteiger partial charge < -0.3 is 4.42 Å². The van der Waals surface area contributed by atoms with E-state index in [0.29, 0.717) is 0 Å². The summed E-state index contributed by atoms with van der Waals surface area (Å²) in [6.45, 7) is 0.902. The molecule has 0 unspecified atom stereocenters. The maximum Gasteiger partial charge on any atom is 0.217 e. The summed E-state index contributed by atoms with van der Waals surface area (Å²) in [7, 11) is 0. The Balaban J connectivity index is 1.77. The molecule has 24 heavy (non-hydrogen) atoms. The van der Waals surface area contributed by atoms with Gasteiger partial charge in [-0.3, -0.25) is 0 Å². The molecular formula is C22H14NO+. The summed E-state index contributed by atoms with van der Waals surface area (Å²) in [5, 5.41) is 3.66. The van der Waals surface area contributed by atoms with Crippen LogP contribution in [0.2, 0.25) is 0 Å². The van der Waals surface area contributed by atoms with Crippen LogP contribution in [0.25, 0.3) is 44.1 Å². The second-order valence-electron chi connectivity index (χ2n) is 6.44. The van der Waals surface area contributed by atoms with Crippen molar-refractivity contribution in [2.45, 2.75) is 6.54 Å². The predicted molar refractivity (Wildman–Crippen MR) is 96.0 cm³/mol. The third kappa shape index (κ3) is 1.43. The lowest BCUT2D eigenvalue weighted by Crippen LogP contribution is -2.33. The number of hydrogen-bond acceptors (Lipinski definition) is 1. The Morgan fingerprint density at radius 3 is 2.62 bits per heavy atom. The van der Waals surface area contributed by atoms with Crippen LogP contribution in [0, 0.1) is 0 Å². The summed E-state index contributed by atoms with van der Waals surface area (Å²) in [6, 6.07) is 25.7. The minimum absolute atomic E-state index is 0.902. The molecule has 0 amide bonds. The van der Waals surface area contributed by atoms with Gasteiger partial charge in [-0.15, -0.1) is 0 Å². The smallest absolute Gasteiger partial charge is 0.217 e. The first-order chi connectivity index (χ1) is 11.9. The summed E-state index contributed by atoms with van der Waals surface area (Å²) in [6.07, 6.45) is 0. The molecule has 2 nitrogen and oxygen atoms in total. The third-order valence-electron chi connectivity index (χ3n) is 5.16. The van der Waals surface area contributed by atoms with E-state index >= 15 is 0 Å². The van der Waals surface area contributed by atoms with Gasteiger partial charge in [0.2, 0.25) is 11.2 Å². The first kappa shape index (κ1) is 12.3. The molecule has 2 heteroatoms. The average molecular weight is 308 g/mol. The highest BCUT2D eigenvalue weighted by molar-refractivity contribution is 6.10. The SMILES string of the molecule is c1ccc2c(c1)ccc1[n+]2Cc2ccc3c(oc4ccccc43)c2-1. The van der Waals surface area contributed by atoms with Gasteiger partial charge in [-0.05, 0) is 24.3 Å². The molecule has 112 valence electrons. The number of furan rings is 1. The number of pyridine rings is 1. The maximum atomic E-state index is 6.25. The zero-order chi connectivity index (χ0) is 15.7. The van der Waals surface area contributed by atoms with Crippen LogP contribution < -0.4 is 4.57 Å². The molecule has 0 atom stereocenters. The number of nitrogens with zero attached hydrogens (tertiary/aromatic N) is 1. The number of rotatable bonds is 0.